The van der Waals surface area contributed by atoms with Crippen molar-refractivity contribution < 1.29 is 8.76 Å². The molecule has 0 saturated carbocycles. The molecule has 0 radical (unpaired) electrons. The molecule has 6 heteroatoms. The van der Waals surface area contributed by atoms with E-state index in [1.165, 1.54) is 3.33 Å². The molecule has 2 atom stereocenters. The summed E-state index contributed by atoms with van der Waals surface area (Å²) in [6, 6.07) is 0. The zero-order valence-corrected chi connectivity index (χ0v) is 8.14. The summed E-state index contributed by atoms with van der Waals surface area (Å²) < 4.78 is 20.4. The van der Waals surface area contributed by atoms with Gasteiger partial charge in [-0.05, 0) is 19.0 Å². The van der Waals surface area contributed by atoms with E-state index in [2.05, 4.69) is 21.5 Å². The van der Waals surface area contributed by atoms with Crippen LogP contribution in [0.4, 0.5) is 0 Å². The summed E-state index contributed by atoms with van der Waals surface area (Å²) in [6.07, 6.45) is 5.43. The maximum absolute atomic E-state index is 10.5. The third kappa shape index (κ3) is 2.55. The summed E-state index contributed by atoms with van der Waals surface area (Å²) in [5.41, 5.74) is 0. The first-order valence-electron chi connectivity index (χ1n) is 3.19. The highest BCUT2D eigenvalue weighted by Gasteiger charge is 2.19. The molecule has 0 aliphatic carbocycles. The Hall–Kier alpha value is 0.0900. The molecule has 64 valence electrons. The summed E-state index contributed by atoms with van der Waals surface area (Å²) in [5.74, 6) is 0. The second kappa shape index (κ2) is 4.20. The van der Waals surface area contributed by atoms with Crippen molar-refractivity contribution in [3.63, 3.8) is 0 Å². The largest absolute Gasteiger partial charge is 0.374 e. The Morgan fingerprint density at radius 1 is 1.82 bits per heavy atom. The van der Waals surface area contributed by atoms with Crippen LogP contribution in [-0.4, -0.2) is 18.3 Å². The summed E-state index contributed by atoms with van der Waals surface area (Å²) in [5, 5.41) is 2.95. The fourth-order valence-corrected chi connectivity index (χ4v) is 1.58. The number of rotatable bonds is 2. The van der Waals surface area contributed by atoms with Crippen LogP contribution in [-0.2, 0) is 11.3 Å². The van der Waals surface area contributed by atoms with E-state index in [9.17, 15) is 4.21 Å². The van der Waals surface area contributed by atoms with Gasteiger partial charge in [0.1, 0.15) is 6.17 Å². The van der Waals surface area contributed by atoms with Crippen LogP contribution in [0.1, 0.15) is 12.8 Å². The van der Waals surface area contributed by atoms with Crippen LogP contribution in [0.2, 0.25) is 0 Å². The van der Waals surface area contributed by atoms with E-state index < -0.39 is 11.3 Å². The third-order valence-corrected chi connectivity index (χ3v) is 3.20. The second-order valence-electron chi connectivity index (χ2n) is 2.16. The highest BCUT2D eigenvalue weighted by Crippen LogP contribution is 2.14. The van der Waals surface area contributed by atoms with Crippen molar-refractivity contribution in [1.29, 1.82) is 0 Å². The van der Waals surface area contributed by atoms with Crippen LogP contribution >= 0.6 is 16.1 Å². The van der Waals surface area contributed by atoms with Crippen LogP contribution in [0.5, 0.6) is 0 Å². The molecule has 0 spiro atoms. The van der Waals surface area contributed by atoms with Crippen molar-refractivity contribution >= 4 is 27.4 Å². The Morgan fingerprint density at radius 2 is 2.55 bits per heavy atom. The molecule has 1 aliphatic rings. The van der Waals surface area contributed by atoms with Gasteiger partial charge >= 0.3 is 0 Å². The summed E-state index contributed by atoms with van der Waals surface area (Å²) in [6.45, 7) is 0. The van der Waals surface area contributed by atoms with Gasteiger partial charge in [-0.15, -0.1) is 3.33 Å². The van der Waals surface area contributed by atoms with E-state index in [-0.39, 0.29) is 6.17 Å². The average Bonchev–Trinajstić information content (AvgIpc) is 2.05. The minimum absolute atomic E-state index is 0.0918. The lowest BCUT2D eigenvalue weighted by molar-refractivity contribution is 0.391. The fraction of sp³-hybridized carbons (Fsp3) is 0.600. The van der Waals surface area contributed by atoms with E-state index in [0.29, 0.717) is 0 Å². The monoisotopic (exact) mass is 240 g/mol. The van der Waals surface area contributed by atoms with Gasteiger partial charge in [0.05, 0.1) is 0 Å². The van der Waals surface area contributed by atoms with Crippen molar-refractivity contribution in [2.45, 2.75) is 19.0 Å². The molecule has 0 saturated heterocycles. The van der Waals surface area contributed by atoms with Gasteiger partial charge in [0, 0.05) is 16.1 Å². The molecule has 1 rings (SSSR count). The van der Waals surface area contributed by atoms with E-state index in [4.69, 9.17) is 4.55 Å². The molecule has 2 unspecified atom stereocenters. The Balaban J connectivity index is 2.46. The quantitative estimate of drug-likeness (QED) is 0.559. The van der Waals surface area contributed by atoms with Crippen molar-refractivity contribution in [3.8, 4) is 0 Å². The van der Waals surface area contributed by atoms with Crippen LogP contribution in [0.25, 0.3) is 0 Å². The molecule has 11 heavy (non-hydrogen) atoms. The standard InChI is InChI=1S/C5H9BrN2O2S/c6-8(11(9)10)5-3-1-2-4-7-5/h2,4-5,7H,1,3H2,(H,9,10). The minimum atomic E-state index is -1.95. The first-order valence-corrected chi connectivity index (χ1v) is 4.96. The highest BCUT2D eigenvalue weighted by molar-refractivity contribution is 9.08. The Labute approximate surface area is 76.4 Å². The van der Waals surface area contributed by atoms with E-state index in [1.807, 2.05) is 6.08 Å². The van der Waals surface area contributed by atoms with Gasteiger partial charge in [-0.25, -0.2) is 4.21 Å². The van der Waals surface area contributed by atoms with Crippen LogP contribution in [0.15, 0.2) is 12.3 Å². The predicted molar refractivity (Wildman–Crippen MR) is 46.8 cm³/mol. The second-order valence-corrected chi connectivity index (χ2v) is 4.25. The van der Waals surface area contributed by atoms with Gasteiger partial charge in [0.25, 0.3) is 0 Å². The van der Waals surface area contributed by atoms with Gasteiger partial charge in [-0.3, -0.25) is 4.55 Å². The summed E-state index contributed by atoms with van der Waals surface area (Å²) in [4.78, 5) is 0. The molecule has 0 bridgehead atoms. The molecular weight excluding hydrogens is 232 g/mol. The number of nitrogens with zero attached hydrogens (tertiary/aromatic N) is 1. The maximum atomic E-state index is 10.5. The first kappa shape index (κ1) is 9.18. The number of nitrogens with one attached hydrogen (secondary N) is 1. The lowest BCUT2D eigenvalue weighted by Crippen LogP contribution is -2.39. The van der Waals surface area contributed by atoms with Crippen molar-refractivity contribution in [2.24, 2.45) is 0 Å². The zero-order chi connectivity index (χ0) is 8.27. The van der Waals surface area contributed by atoms with Gasteiger partial charge < -0.3 is 5.32 Å². The van der Waals surface area contributed by atoms with E-state index in [0.717, 1.165) is 12.8 Å². The SMILES string of the molecule is O=S(O)N(Br)C1CCC=CN1. The molecule has 0 fully saturated rings. The maximum Gasteiger partial charge on any atom is 0.246 e. The molecule has 0 amide bonds. The molecule has 2 N–H and O–H groups in total. The van der Waals surface area contributed by atoms with Gasteiger partial charge in [0.2, 0.25) is 11.3 Å². The van der Waals surface area contributed by atoms with E-state index >= 15 is 0 Å². The average molecular weight is 241 g/mol. The summed E-state index contributed by atoms with van der Waals surface area (Å²) >= 11 is 1.04. The lowest BCUT2D eigenvalue weighted by Gasteiger charge is -2.24. The molecule has 4 nitrogen and oxygen atoms in total. The molecular formula is C5H9BrN2O2S. The molecule has 1 heterocycles. The Morgan fingerprint density at radius 3 is 3.00 bits per heavy atom. The molecule has 0 aromatic carbocycles. The van der Waals surface area contributed by atoms with Crippen molar-refractivity contribution in [2.75, 3.05) is 0 Å². The van der Waals surface area contributed by atoms with Gasteiger partial charge in [-0.2, -0.15) is 0 Å². The van der Waals surface area contributed by atoms with Gasteiger partial charge in [0.15, 0.2) is 0 Å². The zero-order valence-electron chi connectivity index (χ0n) is 5.74. The number of halogens is 1. The summed E-state index contributed by atoms with van der Waals surface area (Å²) in [7, 11) is 0. The highest BCUT2D eigenvalue weighted by atomic mass is 79.9. The lowest BCUT2D eigenvalue weighted by atomic mass is 10.2. The minimum Gasteiger partial charge on any atom is -0.374 e. The van der Waals surface area contributed by atoms with Crippen molar-refractivity contribution in [3.05, 3.63) is 12.3 Å². The number of hydrogen-bond donors (Lipinski definition) is 2. The smallest absolute Gasteiger partial charge is 0.246 e. The molecule has 0 aromatic heterocycles. The topological polar surface area (TPSA) is 52.6 Å². The third-order valence-electron chi connectivity index (χ3n) is 1.41. The van der Waals surface area contributed by atoms with Gasteiger partial charge in [-0.1, -0.05) is 6.08 Å². The Bertz CT molecular complexity index is 187. The van der Waals surface area contributed by atoms with Crippen LogP contribution in [0, 0.1) is 0 Å². The molecule has 0 aromatic rings. The normalized spacial score (nSPS) is 26.6. The number of allylic oxidation sites excluding steroid dienone is 1. The first-order chi connectivity index (χ1) is 5.22. The Kier molecular flexibility index (Phi) is 3.50. The fourth-order valence-electron chi connectivity index (χ4n) is 0.869. The van der Waals surface area contributed by atoms with E-state index in [1.54, 1.807) is 6.20 Å². The molecule has 1 aliphatic heterocycles. The van der Waals surface area contributed by atoms with Crippen LogP contribution < -0.4 is 5.32 Å². The van der Waals surface area contributed by atoms with Crippen molar-refractivity contribution in [1.82, 2.24) is 8.65 Å². The number of hydrogen-bond acceptors (Lipinski definition) is 2. The van der Waals surface area contributed by atoms with Crippen LogP contribution in [0.3, 0.4) is 0 Å². The predicted octanol–water partition coefficient (Wildman–Crippen LogP) is 0.958.